The van der Waals surface area contributed by atoms with E-state index in [-0.39, 0.29) is 23.2 Å². The monoisotopic (exact) mass is 186 g/mol. The molecular formula is H5FeNO5P. The van der Waals surface area contributed by atoms with Gasteiger partial charge in [-0.15, -0.1) is 0 Å². The average Bonchev–Trinajstić information content (AvgIpc) is 1.35. The maximum atomic E-state index is 9.00. The minimum absolute atomic E-state index is 0. The molecule has 8 heavy (non-hydrogen) atoms. The van der Waals surface area contributed by atoms with Crippen LogP contribution in [0.15, 0.2) is 0 Å². The Balaban J connectivity index is -0.000000125. The van der Waals surface area contributed by atoms with Crippen molar-refractivity contribution in [2.45, 2.75) is 0 Å². The van der Waals surface area contributed by atoms with Gasteiger partial charge in [-0.25, -0.2) is 9.93 Å². The van der Waals surface area contributed by atoms with Crippen LogP contribution < -0.4 is 15.9 Å². The fraction of sp³-hybridized carbons (Fsp3) is 0. The van der Waals surface area contributed by atoms with E-state index in [1.54, 1.807) is 0 Å². The van der Waals surface area contributed by atoms with Gasteiger partial charge in [0, 0.05) is 0 Å². The Morgan fingerprint density at radius 2 is 1.62 bits per heavy atom. The maximum absolute atomic E-state index is 9.00. The Bertz CT molecular complexity index is 76.5. The zero-order chi connectivity index (χ0) is 5.21. The van der Waals surface area contributed by atoms with E-state index in [9.17, 15) is 0 Å². The molecule has 0 aliphatic heterocycles. The quantitative estimate of drug-likeness (QED) is 0.227. The van der Waals surface area contributed by atoms with Crippen LogP contribution in [-0.4, -0.2) is 5.26 Å². The Morgan fingerprint density at radius 3 is 1.62 bits per heavy atom. The predicted octanol–water partition coefficient (Wildman–Crippen LogP) is -1.32. The fourth-order valence-electron chi connectivity index (χ4n) is 0. The van der Waals surface area contributed by atoms with Gasteiger partial charge < -0.3 is 20.5 Å². The topological polar surface area (TPSA) is 129 Å². The van der Waals surface area contributed by atoms with Crippen molar-refractivity contribution in [1.29, 1.82) is 0 Å². The summed E-state index contributed by atoms with van der Waals surface area (Å²) in [5, 5.41) is 7.01. The molecule has 8 heteroatoms. The van der Waals surface area contributed by atoms with Gasteiger partial charge in [0.2, 0.25) is 0 Å². The van der Waals surface area contributed by atoms with E-state index < -0.39 is 7.82 Å². The molecule has 0 aromatic carbocycles. The third-order valence-electron chi connectivity index (χ3n) is 0.100. The second-order valence-electron chi connectivity index (χ2n) is 0.529. The molecule has 0 saturated heterocycles. The molecule has 0 aromatic heterocycles. The molecule has 0 rings (SSSR count). The third kappa shape index (κ3) is 16.0. The van der Waals surface area contributed by atoms with Gasteiger partial charge in [0.05, 0.1) is 7.82 Å². The van der Waals surface area contributed by atoms with Crippen molar-refractivity contribution in [2.75, 3.05) is 0 Å². The molecule has 0 aromatic rings. The maximum Gasteiger partial charge on any atom is 1.00 e. The first-order valence-electron chi connectivity index (χ1n) is 0.913. The summed E-state index contributed by atoms with van der Waals surface area (Å²) >= 11 is 0. The zero-order valence-electron chi connectivity index (χ0n) is 3.88. The van der Waals surface area contributed by atoms with E-state index in [4.69, 9.17) is 19.6 Å². The number of rotatable bonds is 1. The molecule has 0 fully saturated rings. The third-order valence-corrected chi connectivity index (χ3v) is 0.300. The van der Waals surface area contributed by atoms with Crippen LogP contribution in [0.1, 0.15) is 0 Å². The van der Waals surface area contributed by atoms with Crippen molar-refractivity contribution in [1.82, 2.24) is 6.15 Å². The Hall–Kier alpha value is 0.549. The van der Waals surface area contributed by atoms with E-state index in [0.29, 0.717) is 0 Å². The van der Waals surface area contributed by atoms with Gasteiger partial charge in [-0.3, -0.25) is 0 Å². The van der Waals surface area contributed by atoms with Crippen molar-refractivity contribution in [2.24, 2.45) is 0 Å². The van der Waals surface area contributed by atoms with Crippen molar-refractivity contribution in [3.05, 3.63) is 0 Å². The first kappa shape index (κ1) is 15.8. The van der Waals surface area contributed by atoms with Crippen molar-refractivity contribution in [3.8, 4) is 0 Å². The van der Waals surface area contributed by atoms with Crippen LogP contribution in [0.2, 0.25) is 0 Å². The first-order chi connectivity index (χ1) is 2.56. The molecular weight excluding hydrogens is 181 g/mol. The normalized spacial score (nSPS) is 8.88. The summed E-state index contributed by atoms with van der Waals surface area (Å²) < 4.78 is 11.4. The van der Waals surface area contributed by atoms with Crippen LogP contribution in [0.5, 0.6) is 0 Å². The van der Waals surface area contributed by atoms with Crippen LogP contribution >= 0.6 is 7.82 Å². The summed E-state index contributed by atoms with van der Waals surface area (Å²) in [7, 11) is -5.09. The molecule has 0 unspecified atom stereocenters. The number of phosphoric acid groups is 1. The molecule has 0 saturated carbocycles. The van der Waals surface area contributed by atoms with Crippen molar-refractivity contribution >= 4 is 7.82 Å². The van der Waals surface area contributed by atoms with Crippen LogP contribution in [0.4, 0.5) is 0 Å². The SMILES string of the molecule is O=P([O-])([O-])OO.[Fe+].[NH4+]. The van der Waals surface area contributed by atoms with Gasteiger partial charge in [-0.05, 0) is 0 Å². The van der Waals surface area contributed by atoms with Crippen LogP contribution in [-0.2, 0) is 26.3 Å². The van der Waals surface area contributed by atoms with E-state index in [2.05, 4.69) is 4.67 Å². The van der Waals surface area contributed by atoms with E-state index in [0.717, 1.165) is 0 Å². The van der Waals surface area contributed by atoms with Gasteiger partial charge >= 0.3 is 17.1 Å². The van der Waals surface area contributed by atoms with Gasteiger partial charge in [0.25, 0.3) is 0 Å². The largest absolute Gasteiger partial charge is 1.00 e. The summed E-state index contributed by atoms with van der Waals surface area (Å²) in [5.74, 6) is 0. The number of hydrogen-bond donors (Lipinski definition) is 2. The molecule has 1 radical (unpaired) electrons. The second kappa shape index (κ2) is 5.68. The molecule has 0 aliphatic rings. The first-order valence-corrected chi connectivity index (χ1v) is 2.37. The van der Waals surface area contributed by atoms with E-state index in [1.165, 1.54) is 0 Å². The van der Waals surface area contributed by atoms with E-state index in [1.807, 2.05) is 0 Å². The predicted molar refractivity (Wildman–Crippen MR) is 17.3 cm³/mol. The molecule has 0 bridgehead atoms. The molecule has 0 spiro atoms. The van der Waals surface area contributed by atoms with Gasteiger partial charge in [0.1, 0.15) is 0 Å². The summed E-state index contributed by atoms with van der Waals surface area (Å²) in [6, 6.07) is 0. The minimum Gasteiger partial charge on any atom is -0.788 e. The summed E-state index contributed by atoms with van der Waals surface area (Å²) in [6.07, 6.45) is 0. The van der Waals surface area contributed by atoms with Gasteiger partial charge in [-0.1, -0.05) is 0 Å². The smallest absolute Gasteiger partial charge is 0.788 e. The summed E-state index contributed by atoms with van der Waals surface area (Å²) in [4.78, 5) is 18.0. The number of quaternary nitrogens is 1. The average molecular weight is 186 g/mol. The summed E-state index contributed by atoms with van der Waals surface area (Å²) in [6.45, 7) is 0. The summed E-state index contributed by atoms with van der Waals surface area (Å²) in [5.41, 5.74) is 0. The van der Waals surface area contributed by atoms with Crippen LogP contribution in [0.3, 0.4) is 0 Å². The molecule has 0 heterocycles. The van der Waals surface area contributed by atoms with Crippen LogP contribution in [0.25, 0.3) is 0 Å². The molecule has 53 valence electrons. The van der Waals surface area contributed by atoms with Gasteiger partial charge in [0.15, 0.2) is 0 Å². The molecule has 0 amide bonds. The zero-order valence-corrected chi connectivity index (χ0v) is 5.88. The Labute approximate surface area is 56.1 Å². The second-order valence-corrected chi connectivity index (χ2v) is 1.59. The molecule has 0 aliphatic carbocycles. The minimum atomic E-state index is -5.09. The Morgan fingerprint density at radius 1 is 1.50 bits per heavy atom. The van der Waals surface area contributed by atoms with Crippen molar-refractivity contribution in [3.63, 3.8) is 0 Å². The molecule has 6 nitrogen and oxygen atoms in total. The standard InChI is InChI=1S/Fe.H3N.H3O5P/c;;1-5-6(2,3)4/h;1H3;1H,(H2,2,3,4)/q+1;;/p-1. The fourth-order valence-corrected chi connectivity index (χ4v) is 0. The molecule has 0 atom stereocenters. The van der Waals surface area contributed by atoms with Gasteiger partial charge in [-0.2, -0.15) is 0 Å². The van der Waals surface area contributed by atoms with Crippen LogP contribution in [0, 0.1) is 0 Å². The van der Waals surface area contributed by atoms with E-state index >= 15 is 0 Å². The van der Waals surface area contributed by atoms with Crippen molar-refractivity contribution < 1.29 is 41.4 Å². The molecule has 5 N–H and O–H groups in total. The Kier molecular flexibility index (Phi) is 11.2. The number of hydrogen-bond acceptors (Lipinski definition) is 5.